The summed E-state index contributed by atoms with van der Waals surface area (Å²) >= 11 is 0. The molecule has 1 aromatic carbocycles. The van der Waals surface area contributed by atoms with Crippen molar-refractivity contribution in [2.45, 2.75) is 12.2 Å². The molecule has 74 valence electrons. The Morgan fingerprint density at radius 1 is 1.29 bits per heavy atom. The van der Waals surface area contributed by atoms with Crippen molar-refractivity contribution in [1.29, 1.82) is 5.26 Å². The second-order valence-electron chi connectivity index (χ2n) is 2.87. The van der Waals surface area contributed by atoms with E-state index in [1.54, 1.807) is 12.1 Å². The van der Waals surface area contributed by atoms with E-state index in [2.05, 4.69) is 0 Å². The van der Waals surface area contributed by atoms with Crippen LogP contribution < -0.4 is 11.5 Å². The molecule has 0 saturated carbocycles. The minimum Gasteiger partial charge on any atom is -0.397 e. The molecule has 14 heavy (non-hydrogen) atoms. The minimum absolute atomic E-state index is 0.189. The van der Waals surface area contributed by atoms with Crippen LogP contribution in [0.15, 0.2) is 18.2 Å². The van der Waals surface area contributed by atoms with Crippen LogP contribution in [-0.2, 0) is 0 Å². The smallest absolute Gasteiger partial charge is 0.170 e. The molecule has 0 radical (unpaired) electrons. The average molecular weight is 193 g/mol. The first-order chi connectivity index (χ1) is 6.57. The van der Waals surface area contributed by atoms with Crippen molar-refractivity contribution in [3.8, 4) is 6.07 Å². The van der Waals surface area contributed by atoms with Gasteiger partial charge in [0.1, 0.15) is 6.10 Å². The lowest BCUT2D eigenvalue weighted by molar-refractivity contribution is 0.0533. The van der Waals surface area contributed by atoms with E-state index in [0.717, 1.165) is 0 Å². The maximum atomic E-state index is 9.49. The van der Waals surface area contributed by atoms with Gasteiger partial charge in [-0.1, -0.05) is 12.1 Å². The fraction of sp³-hybridized carbons (Fsp3) is 0.222. The molecule has 0 aliphatic carbocycles. The standard InChI is InChI=1S/C9H11N3O2/c10-4-7(13)9(14)5-2-1-3-6(11)8(5)12/h1-3,7,9,13-14H,11-12H2. The highest BCUT2D eigenvalue weighted by Crippen LogP contribution is 2.27. The quantitative estimate of drug-likeness (QED) is 0.382. The number of benzene rings is 1. The number of aliphatic hydroxyl groups is 2. The van der Waals surface area contributed by atoms with Crippen molar-refractivity contribution in [2.75, 3.05) is 11.5 Å². The molecule has 0 heterocycles. The molecule has 2 unspecified atom stereocenters. The molecular formula is C9H11N3O2. The minimum atomic E-state index is -1.50. The number of nitrogen functional groups attached to an aromatic ring is 2. The Hall–Kier alpha value is -1.77. The number of rotatable bonds is 2. The largest absolute Gasteiger partial charge is 0.397 e. The summed E-state index contributed by atoms with van der Waals surface area (Å²) in [5, 5.41) is 27.0. The number of nitriles is 1. The Bertz CT molecular complexity index is 373. The first-order valence-corrected chi connectivity index (χ1v) is 3.97. The van der Waals surface area contributed by atoms with Crippen LogP contribution in [-0.4, -0.2) is 16.3 Å². The highest BCUT2D eigenvalue weighted by atomic mass is 16.3. The van der Waals surface area contributed by atoms with E-state index in [1.165, 1.54) is 12.1 Å². The molecule has 5 nitrogen and oxygen atoms in total. The van der Waals surface area contributed by atoms with Gasteiger partial charge in [0.25, 0.3) is 0 Å². The molecule has 0 saturated heterocycles. The van der Waals surface area contributed by atoms with Gasteiger partial charge in [-0.05, 0) is 6.07 Å². The van der Waals surface area contributed by atoms with E-state index in [-0.39, 0.29) is 11.3 Å². The third-order valence-corrected chi connectivity index (χ3v) is 1.92. The second kappa shape index (κ2) is 3.96. The summed E-state index contributed by atoms with van der Waals surface area (Å²) in [5.41, 5.74) is 11.8. The third-order valence-electron chi connectivity index (χ3n) is 1.92. The van der Waals surface area contributed by atoms with Crippen LogP contribution in [0.2, 0.25) is 0 Å². The first-order valence-electron chi connectivity index (χ1n) is 3.97. The van der Waals surface area contributed by atoms with Gasteiger partial charge in [-0.2, -0.15) is 5.26 Å². The van der Waals surface area contributed by atoms with Gasteiger partial charge in [0.2, 0.25) is 0 Å². The number of nitrogens with zero attached hydrogens (tertiary/aromatic N) is 1. The van der Waals surface area contributed by atoms with E-state index in [9.17, 15) is 5.11 Å². The fourth-order valence-electron chi connectivity index (χ4n) is 1.10. The van der Waals surface area contributed by atoms with Gasteiger partial charge in [0.05, 0.1) is 17.4 Å². The number of hydrogen-bond donors (Lipinski definition) is 4. The summed E-state index contributed by atoms with van der Waals surface area (Å²) in [6.07, 6.45) is -2.83. The zero-order valence-corrected chi connectivity index (χ0v) is 7.38. The molecule has 0 spiro atoms. The molecule has 2 atom stereocenters. The van der Waals surface area contributed by atoms with Gasteiger partial charge in [0.15, 0.2) is 6.10 Å². The van der Waals surface area contributed by atoms with Crippen LogP contribution in [0.25, 0.3) is 0 Å². The Morgan fingerprint density at radius 2 is 1.93 bits per heavy atom. The summed E-state index contributed by atoms with van der Waals surface area (Å²) in [6.45, 7) is 0. The normalized spacial score (nSPS) is 14.4. The summed E-state index contributed by atoms with van der Waals surface area (Å²) in [7, 11) is 0. The highest BCUT2D eigenvalue weighted by Gasteiger charge is 2.20. The van der Waals surface area contributed by atoms with Gasteiger partial charge in [-0.15, -0.1) is 0 Å². The van der Waals surface area contributed by atoms with Crippen molar-refractivity contribution >= 4 is 11.4 Å². The van der Waals surface area contributed by atoms with E-state index >= 15 is 0 Å². The number of para-hydroxylation sites is 1. The van der Waals surface area contributed by atoms with E-state index in [4.69, 9.17) is 21.8 Å². The highest BCUT2D eigenvalue weighted by molar-refractivity contribution is 5.67. The number of anilines is 2. The number of nitrogens with two attached hydrogens (primary N) is 2. The van der Waals surface area contributed by atoms with Gasteiger partial charge in [0, 0.05) is 5.56 Å². The lowest BCUT2D eigenvalue weighted by Crippen LogP contribution is -2.17. The van der Waals surface area contributed by atoms with Crippen LogP contribution >= 0.6 is 0 Å². The maximum Gasteiger partial charge on any atom is 0.170 e. The lowest BCUT2D eigenvalue weighted by Gasteiger charge is -2.15. The Morgan fingerprint density at radius 3 is 2.50 bits per heavy atom. The molecule has 1 rings (SSSR count). The molecule has 0 aliphatic rings. The van der Waals surface area contributed by atoms with E-state index < -0.39 is 12.2 Å². The topological polar surface area (TPSA) is 116 Å². The molecule has 0 amide bonds. The molecule has 0 fully saturated rings. The molecule has 0 bridgehead atoms. The number of hydrogen-bond acceptors (Lipinski definition) is 5. The Balaban J connectivity index is 3.08. The van der Waals surface area contributed by atoms with E-state index in [0.29, 0.717) is 5.69 Å². The first kappa shape index (κ1) is 10.3. The van der Waals surface area contributed by atoms with Gasteiger partial charge >= 0.3 is 0 Å². The van der Waals surface area contributed by atoms with Crippen molar-refractivity contribution in [1.82, 2.24) is 0 Å². The average Bonchev–Trinajstić information content (AvgIpc) is 2.20. The summed E-state index contributed by atoms with van der Waals surface area (Å²) in [4.78, 5) is 0. The van der Waals surface area contributed by atoms with Crippen LogP contribution in [0.3, 0.4) is 0 Å². The van der Waals surface area contributed by atoms with Gasteiger partial charge < -0.3 is 21.7 Å². The van der Waals surface area contributed by atoms with Crippen molar-refractivity contribution in [3.05, 3.63) is 23.8 Å². The van der Waals surface area contributed by atoms with E-state index in [1.807, 2.05) is 0 Å². The fourth-order valence-corrected chi connectivity index (χ4v) is 1.10. The number of aliphatic hydroxyl groups excluding tert-OH is 2. The summed E-state index contributed by atoms with van der Waals surface area (Å²) in [5.74, 6) is 0. The Kier molecular flexibility index (Phi) is 2.92. The van der Waals surface area contributed by atoms with Gasteiger partial charge in [-0.3, -0.25) is 0 Å². The predicted octanol–water partition coefficient (Wildman–Crippen LogP) is -0.231. The lowest BCUT2D eigenvalue weighted by atomic mass is 10.0. The zero-order valence-electron chi connectivity index (χ0n) is 7.38. The summed E-state index contributed by atoms with van der Waals surface area (Å²) in [6, 6.07) is 6.20. The van der Waals surface area contributed by atoms with Crippen LogP contribution in [0.4, 0.5) is 11.4 Å². The van der Waals surface area contributed by atoms with Crippen molar-refractivity contribution < 1.29 is 10.2 Å². The molecule has 5 heteroatoms. The monoisotopic (exact) mass is 193 g/mol. The molecular weight excluding hydrogens is 182 g/mol. The van der Waals surface area contributed by atoms with Gasteiger partial charge in [-0.25, -0.2) is 0 Å². The molecule has 6 N–H and O–H groups in total. The Labute approximate surface area is 81.2 Å². The zero-order chi connectivity index (χ0) is 10.7. The van der Waals surface area contributed by atoms with Crippen molar-refractivity contribution in [2.24, 2.45) is 0 Å². The van der Waals surface area contributed by atoms with Crippen molar-refractivity contribution in [3.63, 3.8) is 0 Å². The molecule has 0 aromatic heterocycles. The predicted molar refractivity (Wildman–Crippen MR) is 51.8 cm³/mol. The third kappa shape index (κ3) is 1.76. The SMILES string of the molecule is N#CC(O)C(O)c1cccc(N)c1N. The van der Waals surface area contributed by atoms with Crippen LogP contribution in [0, 0.1) is 11.3 Å². The molecule has 0 aliphatic heterocycles. The maximum absolute atomic E-state index is 9.49. The van der Waals surface area contributed by atoms with Crippen LogP contribution in [0.5, 0.6) is 0 Å². The second-order valence-corrected chi connectivity index (χ2v) is 2.87. The molecule has 1 aromatic rings. The van der Waals surface area contributed by atoms with Crippen LogP contribution in [0.1, 0.15) is 11.7 Å². The summed E-state index contributed by atoms with van der Waals surface area (Å²) < 4.78 is 0.